The molecule has 0 amide bonds. The molecule has 0 saturated carbocycles. The predicted molar refractivity (Wildman–Crippen MR) is 444 cm³/mol. The van der Waals surface area contributed by atoms with E-state index < -0.39 is 0 Å². The molecular formula is C75H125N11O6S6. The zero-order chi connectivity index (χ0) is 76.6. The van der Waals surface area contributed by atoms with Crippen LogP contribution in [0.15, 0.2) is 28.8 Å². The van der Waals surface area contributed by atoms with E-state index in [-0.39, 0.29) is 38.0 Å². The van der Waals surface area contributed by atoms with Gasteiger partial charge in [-0.05, 0) is 117 Å². The first-order chi connectivity index (χ1) is 44.5. The normalized spacial score (nSPS) is 12.0. The molecule has 552 valence electrons. The van der Waals surface area contributed by atoms with Crippen molar-refractivity contribution in [2.45, 2.75) is 210 Å². The number of nitrogens with two attached hydrogens (primary N) is 4. The maximum absolute atomic E-state index is 12.0. The van der Waals surface area contributed by atoms with Crippen LogP contribution >= 0.6 is 73.3 Å². The lowest BCUT2D eigenvalue weighted by molar-refractivity contribution is 0.365. The Bertz CT molecular complexity index is 3910. The van der Waals surface area contributed by atoms with Crippen LogP contribution in [0.25, 0.3) is 0 Å². The highest BCUT2D eigenvalue weighted by molar-refractivity contribution is 7.72. The maximum Gasteiger partial charge on any atom is 0.224 e. The molecule has 0 atom stereocenters. The number of hydrogen-bond acceptors (Lipinski definition) is 23. The van der Waals surface area contributed by atoms with E-state index >= 15 is 0 Å². The largest absolute Gasteiger partial charge is 0.395 e. The van der Waals surface area contributed by atoms with E-state index in [4.69, 9.17) is 96.2 Å². The molecule has 0 saturated heterocycles. The topological polar surface area (TPSA) is 229 Å². The molecule has 0 heterocycles. The third-order valence-electron chi connectivity index (χ3n) is 17.2. The Morgan fingerprint density at radius 1 is 0.276 bits per heavy atom. The van der Waals surface area contributed by atoms with Gasteiger partial charge in [0.2, 0.25) is 32.6 Å². The molecule has 8 N–H and O–H groups in total. The summed E-state index contributed by atoms with van der Waals surface area (Å²) < 4.78 is 2.59. The highest BCUT2D eigenvalue weighted by Gasteiger charge is 2.28. The van der Waals surface area contributed by atoms with Crippen molar-refractivity contribution in [3.05, 3.63) is 94.0 Å². The van der Waals surface area contributed by atoms with Gasteiger partial charge < -0.3 is 57.2 Å². The Morgan fingerprint density at radius 3 is 0.786 bits per heavy atom. The fourth-order valence-electron chi connectivity index (χ4n) is 10.4. The number of nitrogens with zero attached hydrogens (tertiary/aromatic N) is 7. The maximum atomic E-state index is 12.0. The number of nitrogen functional groups attached to an aromatic ring is 4. The summed E-state index contributed by atoms with van der Waals surface area (Å²) >= 11 is 30.2. The minimum Gasteiger partial charge on any atom is -0.395 e. The first-order valence-electron chi connectivity index (χ1n) is 34.5. The molecular weight excluding hydrogens is 1340 g/mol. The van der Waals surface area contributed by atoms with Crippen molar-refractivity contribution in [3.8, 4) is 0 Å². The average Bonchev–Trinajstić information content (AvgIpc) is 0.778. The minimum atomic E-state index is -0.178. The molecule has 0 bridgehead atoms. The fraction of sp³-hybridized carbons (Fsp3) is 0.680. The zero-order valence-electron chi connectivity index (χ0n) is 65.1. The van der Waals surface area contributed by atoms with Gasteiger partial charge >= 0.3 is 0 Å². The van der Waals surface area contributed by atoms with E-state index in [1.54, 1.807) is 0 Å². The van der Waals surface area contributed by atoms with Crippen LogP contribution in [0.2, 0.25) is 0 Å². The van der Waals surface area contributed by atoms with E-state index in [0.717, 1.165) is 162 Å². The summed E-state index contributed by atoms with van der Waals surface area (Å²) in [5.41, 5.74) is 31.7. The standard InChI is InChI=1S/C15H26N2OS.C14H24N2OS.2C12H20N2OS.C11H18N2OS.C11H17NOS/c1-7-17(8-2)11-12(14(19)13(11)18)16(6)10-9-15(3,4)5;1-7-15(5)10-11(13(18)12(10)17)16(6)9-8-14(2,3)4;2*1-12(2,3)6-5-7-14(4)9-8(13)10(15)11(9)16;1-11(2,3)5-6-13(4)8-7(12)9(14)10(8)15;1-11(2,3)6-4-5-7-8(12)9(13)10(7)14/h7-10H2,1-6H3;7-9H2,1-6H3;2*5-7,13H2,1-4H3;5-6,12H2,1-4H3;4-6,12H2,1-3H3. The molecule has 0 aliphatic heterocycles. The third kappa shape index (κ3) is 27.3. The number of hydrogen-bond donors (Lipinski definition) is 4. The summed E-state index contributed by atoms with van der Waals surface area (Å²) in [6.45, 7) is 53.0. The Hall–Kier alpha value is -5.20. The number of anilines is 11. The first-order valence-corrected chi connectivity index (χ1v) is 36.9. The quantitative estimate of drug-likeness (QED) is 0.0391. The fourth-order valence-corrected chi connectivity index (χ4v) is 12.5. The van der Waals surface area contributed by atoms with Crippen LogP contribution < -0.4 is 89.8 Å². The van der Waals surface area contributed by atoms with Crippen molar-refractivity contribution in [1.82, 2.24) is 0 Å². The van der Waals surface area contributed by atoms with E-state index in [9.17, 15) is 28.8 Å². The monoisotopic (exact) mass is 1470 g/mol. The van der Waals surface area contributed by atoms with Crippen molar-refractivity contribution in [2.75, 3.05) is 152 Å². The summed E-state index contributed by atoms with van der Waals surface area (Å²) in [4.78, 5) is 82.5. The van der Waals surface area contributed by atoms with Gasteiger partial charge in [-0.25, -0.2) is 0 Å². The average molecular weight is 1470 g/mol. The Balaban J connectivity index is 0.000000590. The van der Waals surface area contributed by atoms with E-state index in [1.807, 2.05) is 68.8 Å². The van der Waals surface area contributed by atoms with Gasteiger partial charge in [0.1, 0.15) is 51.0 Å². The van der Waals surface area contributed by atoms with Crippen LogP contribution in [0.5, 0.6) is 0 Å². The van der Waals surface area contributed by atoms with Gasteiger partial charge in [-0.15, -0.1) is 0 Å². The van der Waals surface area contributed by atoms with Crippen LogP contribution in [0.3, 0.4) is 0 Å². The second-order valence-corrected chi connectivity index (χ2v) is 35.9. The lowest BCUT2D eigenvalue weighted by Crippen LogP contribution is -2.36. The molecule has 98 heavy (non-hydrogen) atoms. The summed E-state index contributed by atoms with van der Waals surface area (Å²) in [7, 11) is 11.8. The summed E-state index contributed by atoms with van der Waals surface area (Å²) in [5.74, 6) is 0. The molecule has 0 aliphatic carbocycles. The van der Waals surface area contributed by atoms with E-state index in [1.165, 1.54) is 0 Å². The van der Waals surface area contributed by atoms with E-state index in [0.29, 0.717) is 76.9 Å². The van der Waals surface area contributed by atoms with Crippen molar-refractivity contribution >= 4 is 136 Å². The predicted octanol–water partition coefficient (Wildman–Crippen LogP) is 16.1. The molecule has 0 unspecified atom stereocenters. The smallest absolute Gasteiger partial charge is 0.224 e. The van der Waals surface area contributed by atoms with Crippen LogP contribution in [0.4, 0.5) is 62.6 Å². The summed E-state index contributed by atoms with van der Waals surface area (Å²) in [6, 6.07) is 0. The molecule has 0 aliphatic rings. The molecule has 6 aromatic rings. The highest BCUT2D eigenvalue weighted by atomic mass is 32.1. The molecule has 6 rings (SSSR count). The van der Waals surface area contributed by atoms with Crippen molar-refractivity contribution in [3.63, 3.8) is 0 Å². The minimum absolute atomic E-state index is 0.0203. The molecule has 23 heteroatoms. The van der Waals surface area contributed by atoms with Gasteiger partial charge in [0.05, 0.1) is 38.6 Å². The van der Waals surface area contributed by atoms with Crippen LogP contribution in [0, 0.1) is 59.6 Å². The van der Waals surface area contributed by atoms with Gasteiger partial charge in [0.15, 0.2) is 0 Å². The molecule has 17 nitrogen and oxygen atoms in total. The van der Waals surface area contributed by atoms with Crippen LogP contribution in [-0.4, -0.2) is 94.6 Å². The van der Waals surface area contributed by atoms with Crippen molar-refractivity contribution in [1.29, 1.82) is 0 Å². The summed E-state index contributed by atoms with van der Waals surface area (Å²) in [5, 5.41) is 0. The second kappa shape index (κ2) is 37.6. The highest BCUT2D eigenvalue weighted by Crippen LogP contribution is 2.34. The zero-order valence-corrected chi connectivity index (χ0v) is 70.0. The Kier molecular flexibility index (Phi) is 34.9. The van der Waals surface area contributed by atoms with Gasteiger partial charge in [-0.3, -0.25) is 28.8 Å². The van der Waals surface area contributed by atoms with Gasteiger partial charge in [0.25, 0.3) is 0 Å². The Labute approximate surface area is 619 Å². The second-order valence-electron chi connectivity index (χ2n) is 33.5. The summed E-state index contributed by atoms with van der Waals surface area (Å²) in [6.07, 6.45) is 10.7. The molecule has 0 radical (unpaired) electrons. The number of rotatable bonds is 25. The lowest BCUT2D eigenvalue weighted by Gasteiger charge is -2.32. The van der Waals surface area contributed by atoms with Gasteiger partial charge in [-0.1, -0.05) is 198 Å². The first kappa shape index (κ1) is 90.8. The van der Waals surface area contributed by atoms with Crippen LogP contribution in [-0.2, 0) is 6.42 Å². The van der Waals surface area contributed by atoms with E-state index in [2.05, 4.69) is 153 Å². The molecule has 0 aromatic heterocycles. The third-order valence-corrected chi connectivity index (χ3v) is 19.5. The lowest BCUT2D eigenvalue weighted by atomic mass is 9.88. The molecule has 0 fully saturated rings. The SMILES string of the molecule is CC(C)(C)CCCc1c(N)c(=O)c1=S.CCN(C)c1c(N(C)CCC(C)(C)C)c(=S)c1=O.CCN(CC)c1c(N(C)CCC(C)(C)C)c(=S)c1=O.CN(CCC(C)(C)C)c1c(N)c(=O)c1=S.CN(CCCC(C)(C)C)c1c(N)c(=O)c1=S.CN(CCCC(C)(C)C)c1c(N)c(=O)c1=S. The van der Waals surface area contributed by atoms with Crippen molar-refractivity contribution in [2.24, 2.45) is 32.5 Å². The molecule has 6 aromatic carbocycles. The van der Waals surface area contributed by atoms with Crippen LogP contribution in [0.1, 0.15) is 209 Å². The van der Waals surface area contributed by atoms with Crippen molar-refractivity contribution < 1.29 is 0 Å². The Morgan fingerprint density at radius 2 is 0.520 bits per heavy atom. The van der Waals surface area contributed by atoms with Gasteiger partial charge in [-0.2, -0.15) is 0 Å². The van der Waals surface area contributed by atoms with Gasteiger partial charge in [0, 0.05) is 100 Å². The molecule has 0 spiro atoms.